The molecule has 1 saturated heterocycles. The number of anilines is 2. The zero-order valence-electron chi connectivity index (χ0n) is 11.7. The van der Waals surface area contributed by atoms with Crippen molar-refractivity contribution in [2.45, 2.75) is 6.42 Å². The van der Waals surface area contributed by atoms with Crippen molar-refractivity contribution in [3.8, 4) is 6.07 Å². The number of nitrogens with zero attached hydrogens (tertiary/aromatic N) is 3. The smallest absolute Gasteiger partial charge is 0.265 e. The number of nitrogens with two attached hydrogens (primary N) is 1. The molecular weight excluding hydrogens is 292 g/mol. The minimum Gasteiger partial charge on any atom is -0.396 e. The largest absolute Gasteiger partial charge is 0.396 e. The van der Waals surface area contributed by atoms with Crippen molar-refractivity contribution in [3.63, 3.8) is 0 Å². The molecule has 0 spiro atoms. The molecule has 2 heterocycles. The van der Waals surface area contributed by atoms with Crippen LogP contribution in [0.25, 0.3) is 0 Å². The van der Waals surface area contributed by atoms with E-state index in [1.807, 2.05) is 11.8 Å². The van der Waals surface area contributed by atoms with Crippen molar-refractivity contribution in [2.75, 3.05) is 49.3 Å². The van der Waals surface area contributed by atoms with E-state index >= 15 is 0 Å². The summed E-state index contributed by atoms with van der Waals surface area (Å²) in [7, 11) is 3.38. The molecule has 1 amide bonds. The quantitative estimate of drug-likeness (QED) is 0.902. The van der Waals surface area contributed by atoms with Gasteiger partial charge in [0.05, 0.1) is 5.69 Å². The molecule has 1 aromatic rings. The maximum absolute atomic E-state index is 12.1. The van der Waals surface area contributed by atoms with E-state index in [-0.39, 0.29) is 5.91 Å². The lowest BCUT2D eigenvalue weighted by Crippen LogP contribution is -2.25. The third kappa shape index (κ3) is 2.86. The van der Waals surface area contributed by atoms with Crippen LogP contribution in [-0.2, 0) is 0 Å². The van der Waals surface area contributed by atoms with Crippen LogP contribution in [-0.4, -0.2) is 49.5 Å². The Bertz CT molecular complexity index is 539. The van der Waals surface area contributed by atoms with Gasteiger partial charge in [0.25, 0.3) is 5.91 Å². The number of thioether (sulfide) groups is 1. The van der Waals surface area contributed by atoms with Crippen LogP contribution in [0.3, 0.4) is 0 Å². The summed E-state index contributed by atoms with van der Waals surface area (Å²) in [6.45, 7) is 1.81. The van der Waals surface area contributed by atoms with E-state index in [2.05, 4.69) is 11.0 Å². The second kappa shape index (κ2) is 6.37. The Hall–Kier alpha value is -1.39. The van der Waals surface area contributed by atoms with Gasteiger partial charge in [-0.3, -0.25) is 4.79 Å². The molecule has 1 aliphatic rings. The zero-order valence-corrected chi connectivity index (χ0v) is 13.3. The minimum atomic E-state index is -0.139. The summed E-state index contributed by atoms with van der Waals surface area (Å²) in [6, 6.07) is 2.16. The van der Waals surface area contributed by atoms with Gasteiger partial charge in [0.15, 0.2) is 0 Å². The topological polar surface area (TPSA) is 73.4 Å². The predicted octanol–water partition coefficient (Wildman–Crippen LogP) is 1.85. The number of thiophene rings is 1. The van der Waals surface area contributed by atoms with E-state index in [1.165, 1.54) is 16.2 Å². The molecule has 20 heavy (non-hydrogen) atoms. The molecule has 1 aromatic heterocycles. The second-order valence-corrected chi connectivity index (χ2v) is 7.01. The molecule has 0 bridgehead atoms. The lowest BCUT2D eigenvalue weighted by molar-refractivity contribution is 0.0833. The van der Waals surface area contributed by atoms with E-state index in [0.717, 1.165) is 36.0 Å². The molecule has 0 aliphatic carbocycles. The highest BCUT2D eigenvalue weighted by molar-refractivity contribution is 7.99. The van der Waals surface area contributed by atoms with Gasteiger partial charge in [0, 0.05) is 32.9 Å². The lowest BCUT2D eigenvalue weighted by Gasteiger charge is -2.20. The molecule has 1 fully saturated rings. The number of carbonyl (C=O) groups is 1. The van der Waals surface area contributed by atoms with Crippen LogP contribution in [0.1, 0.15) is 21.7 Å². The molecule has 2 N–H and O–H groups in total. The van der Waals surface area contributed by atoms with Crippen LogP contribution >= 0.6 is 23.1 Å². The molecule has 0 saturated carbocycles. The summed E-state index contributed by atoms with van der Waals surface area (Å²) < 4.78 is 0. The summed E-state index contributed by atoms with van der Waals surface area (Å²) in [5, 5.41) is 10.2. The fourth-order valence-corrected chi connectivity index (χ4v) is 4.20. The average molecular weight is 310 g/mol. The molecule has 1 aliphatic heterocycles. The molecule has 0 unspecified atom stereocenters. The Labute approximate surface area is 127 Å². The van der Waals surface area contributed by atoms with E-state index in [1.54, 1.807) is 14.1 Å². The fourth-order valence-electron chi connectivity index (χ4n) is 2.07. The van der Waals surface area contributed by atoms with Crippen LogP contribution < -0.4 is 10.6 Å². The van der Waals surface area contributed by atoms with Crippen molar-refractivity contribution >= 4 is 39.7 Å². The van der Waals surface area contributed by atoms with Gasteiger partial charge in [0.2, 0.25) is 0 Å². The van der Waals surface area contributed by atoms with Gasteiger partial charge in [-0.05, 0) is 12.2 Å². The number of hydrogen-bond donors (Lipinski definition) is 1. The highest BCUT2D eigenvalue weighted by atomic mass is 32.2. The van der Waals surface area contributed by atoms with Crippen molar-refractivity contribution in [2.24, 2.45) is 0 Å². The number of rotatable bonds is 2. The summed E-state index contributed by atoms with van der Waals surface area (Å²) in [6.07, 6.45) is 1.09. The third-order valence-electron chi connectivity index (χ3n) is 3.15. The molecule has 0 atom stereocenters. The van der Waals surface area contributed by atoms with Crippen molar-refractivity contribution in [1.82, 2.24) is 4.90 Å². The maximum Gasteiger partial charge on any atom is 0.265 e. The second-order valence-electron chi connectivity index (χ2n) is 4.79. The van der Waals surface area contributed by atoms with Gasteiger partial charge in [-0.2, -0.15) is 17.0 Å². The Balaban J connectivity index is 2.40. The average Bonchev–Trinajstić information content (AvgIpc) is 2.62. The number of amides is 1. The fraction of sp³-hybridized carbons (Fsp3) is 0.538. The molecule has 2 rings (SSSR count). The third-order valence-corrected chi connectivity index (χ3v) is 5.45. The molecule has 5 nitrogen and oxygen atoms in total. The SMILES string of the molecule is CN(C)C(=O)c1sc(N2CCCSCC2)c(C#N)c1N. The van der Waals surface area contributed by atoms with E-state index in [9.17, 15) is 10.1 Å². The van der Waals surface area contributed by atoms with Gasteiger partial charge in [-0.1, -0.05) is 0 Å². The Kier molecular flexibility index (Phi) is 4.78. The monoisotopic (exact) mass is 310 g/mol. The zero-order chi connectivity index (χ0) is 14.7. The first-order chi connectivity index (χ1) is 9.56. The normalized spacial score (nSPS) is 15.6. The van der Waals surface area contributed by atoms with Crippen molar-refractivity contribution < 1.29 is 4.79 Å². The van der Waals surface area contributed by atoms with E-state index < -0.39 is 0 Å². The van der Waals surface area contributed by atoms with Gasteiger partial charge < -0.3 is 15.5 Å². The molecule has 7 heteroatoms. The summed E-state index contributed by atoms with van der Waals surface area (Å²) in [4.78, 5) is 16.3. The van der Waals surface area contributed by atoms with Crippen LogP contribution in [0.5, 0.6) is 0 Å². The number of hydrogen-bond acceptors (Lipinski definition) is 6. The molecular formula is C13H18N4OS2. The summed E-state index contributed by atoms with van der Waals surface area (Å²) >= 11 is 3.26. The summed E-state index contributed by atoms with van der Waals surface area (Å²) in [5.74, 6) is 2.04. The molecule has 0 aromatic carbocycles. The predicted molar refractivity (Wildman–Crippen MR) is 85.6 cm³/mol. The van der Waals surface area contributed by atoms with Gasteiger partial charge in [-0.15, -0.1) is 11.3 Å². The standard InChI is InChI=1S/C13H18N4OS2/c1-16(2)12(18)11-10(15)9(8-14)13(20-11)17-4-3-6-19-7-5-17/h3-7,15H2,1-2H3. The number of carbonyl (C=O) groups excluding carboxylic acids is 1. The molecule has 0 radical (unpaired) electrons. The van der Waals surface area contributed by atoms with Crippen LogP contribution in [0.15, 0.2) is 0 Å². The Morgan fingerprint density at radius 3 is 2.80 bits per heavy atom. The van der Waals surface area contributed by atoms with Gasteiger partial charge >= 0.3 is 0 Å². The minimum absolute atomic E-state index is 0.139. The van der Waals surface area contributed by atoms with E-state index in [4.69, 9.17) is 5.73 Å². The van der Waals surface area contributed by atoms with Crippen LogP contribution in [0, 0.1) is 11.3 Å². The lowest BCUT2D eigenvalue weighted by atomic mass is 10.2. The highest BCUT2D eigenvalue weighted by Gasteiger charge is 2.25. The number of nitrogen functional groups attached to an aromatic ring is 1. The van der Waals surface area contributed by atoms with Gasteiger partial charge in [0.1, 0.15) is 21.5 Å². The van der Waals surface area contributed by atoms with Gasteiger partial charge in [-0.25, -0.2) is 0 Å². The maximum atomic E-state index is 12.1. The highest BCUT2D eigenvalue weighted by Crippen LogP contribution is 2.38. The van der Waals surface area contributed by atoms with Crippen molar-refractivity contribution in [1.29, 1.82) is 5.26 Å². The summed E-state index contributed by atoms with van der Waals surface area (Å²) in [5.41, 5.74) is 6.78. The van der Waals surface area contributed by atoms with Crippen molar-refractivity contribution in [3.05, 3.63) is 10.4 Å². The Morgan fingerprint density at radius 1 is 1.40 bits per heavy atom. The number of nitriles is 1. The van der Waals surface area contributed by atoms with E-state index in [0.29, 0.717) is 16.1 Å². The first kappa shape index (κ1) is 15.0. The Morgan fingerprint density at radius 2 is 2.15 bits per heavy atom. The van der Waals surface area contributed by atoms with Crippen LogP contribution in [0.4, 0.5) is 10.7 Å². The van der Waals surface area contributed by atoms with Crippen LogP contribution in [0.2, 0.25) is 0 Å². The first-order valence-electron chi connectivity index (χ1n) is 6.43. The molecule has 108 valence electrons. The first-order valence-corrected chi connectivity index (χ1v) is 8.40.